The van der Waals surface area contributed by atoms with Crippen molar-refractivity contribution in [1.29, 1.82) is 0 Å². The van der Waals surface area contributed by atoms with Gasteiger partial charge in [0, 0.05) is 30.6 Å². The molecule has 1 heterocycles. The van der Waals surface area contributed by atoms with Crippen LogP contribution >= 0.6 is 0 Å². The van der Waals surface area contributed by atoms with Gasteiger partial charge in [-0.05, 0) is 6.07 Å². The second-order valence-corrected chi connectivity index (χ2v) is 2.72. The minimum Gasteiger partial charge on any atom is -0.481 e. The molecule has 0 fully saturated rings. The van der Waals surface area contributed by atoms with Crippen LogP contribution in [0.3, 0.4) is 0 Å². The van der Waals surface area contributed by atoms with E-state index in [1.165, 1.54) is 6.20 Å². The number of hydrogen-bond donors (Lipinski definition) is 2. The summed E-state index contributed by atoms with van der Waals surface area (Å²) in [7, 11) is 1.54. The molecule has 0 aliphatic carbocycles. The molecule has 0 atom stereocenters. The van der Waals surface area contributed by atoms with Crippen LogP contribution in [-0.4, -0.2) is 23.2 Å². The van der Waals surface area contributed by atoms with Gasteiger partial charge in [-0.15, -0.1) is 0 Å². The highest BCUT2D eigenvalue weighted by atomic mass is 16.5. The molecular weight excluding hydrogens is 196 g/mol. The molecule has 2 N–H and O–H groups in total. The summed E-state index contributed by atoms with van der Waals surface area (Å²) in [6, 6.07) is 3.65. The monoisotopic (exact) mass is 208 g/mol. The normalized spacial score (nSPS) is 10.2. The van der Waals surface area contributed by atoms with Gasteiger partial charge in [0.15, 0.2) is 0 Å². The van der Waals surface area contributed by atoms with E-state index < -0.39 is 5.97 Å². The number of nitrogens with zero attached hydrogens (tertiary/aromatic N) is 1. The fourth-order valence-corrected chi connectivity index (χ4v) is 1.04. The van der Waals surface area contributed by atoms with Gasteiger partial charge in [-0.25, -0.2) is 9.78 Å². The van der Waals surface area contributed by atoms with E-state index in [9.17, 15) is 4.79 Å². The van der Waals surface area contributed by atoms with E-state index in [4.69, 9.17) is 9.84 Å². The zero-order valence-electron chi connectivity index (χ0n) is 8.30. The van der Waals surface area contributed by atoms with E-state index in [1.807, 2.05) is 6.07 Å². The fraction of sp³-hybridized carbons (Fsp3) is 0.200. The number of carbonyl (C=O) groups is 1. The number of aromatic nitrogens is 1. The van der Waals surface area contributed by atoms with E-state index in [0.29, 0.717) is 12.4 Å². The summed E-state index contributed by atoms with van der Waals surface area (Å²) < 4.78 is 5.03. The molecule has 0 aliphatic heterocycles. The first-order valence-corrected chi connectivity index (χ1v) is 4.35. The third-order valence-electron chi connectivity index (χ3n) is 1.68. The van der Waals surface area contributed by atoms with Crippen molar-refractivity contribution >= 4 is 5.97 Å². The Bertz CT molecular complexity index is 363. The molecule has 0 aliphatic rings. The van der Waals surface area contributed by atoms with Gasteiger partial charge in [0.2, 0.25) is 5.88 Å². The van der Waals surface area contributed by atoms with Crippen molar-refractivity contribution in [3.8, 4) is 5.88 Å². The number of ether oxygens (including phenoxy) is 1. The van der Waals surface area contributed by atoms with Crippen LogP contribution < -0.4 is 10.1 Å². The molecule has 1 aromatic heterocycles. The summed E-state index contributed by atoms with van der Waals surface area (Å²) in [6.45, 7) is 0.473. The van der Waals surface area contributed by atoms with Gasteiger partial charge in [0.1, 0.15) is 0 Å². The lowest BCUT2D eigenvalue weighted by Crippen LogP contribution is -2.07. The first kappa shape index (κ1) is 11.0. The molecule has 0 saturated carbocycles. The highest BCUT2D eigenvalue weighted by Crippen LogP contribution is 2.12. The summed E-state index contributed by atoms with van der Waals surface area (Å²) >= 11 is 0. The summed E-state index contributed by atoms with van der Waals surface area (Å²) in [6.07, 6.45) is 4.03. The van der Waals surface area contributed by atoms with Gasteiger partial charge in [0.05, 0.1) is 7.11 Å². The molecule has 0 bridgehead atoms. The number of carboxylic acid groups (broad SMARTS) is 1. The molecule has 0 unspecified atom stereocenters. The van der Waals surface area contributed by atoms with E-state index >= 15 is 0 Å². The van der Waals surface area contributed by atoms with Crippen molar-refractivity contribution in [2.24, 2.45) is 0 Å². The predicted octanol–water partition coefficient (Wildman–Crippen LogP) is 0.778. The number of aliphatic carboxylic acids is 1. The third-order valence-corrected chi connectivity index (χ3v) is 1.68. The Balaban J connectivity index is 2.53. The largest absolute Gasteiger partial charge is 0.481 e. The lowest BCUT2D eigenvalue weighted by molar-refractivity contribution is -0.131. The Morgan fingerprint density at radius 3 is 3.20 bits per heavy atom. The Hall–Kier alpha value is -2.04. The van der Waals surface area contributed by atoms with Crippen LogP contribution in [0.2, 0.25) is 0 Å². The van der Waals surface area contributed by atoms with E-state index in [2.05, 4.69) is 10.3 Å². The highest BCUT2D eigenvalue weighted by molar-refractivity contribution is 5.79. The van der Waals surface area contributed by atoms with Gasteiger partial charge in [-0.2, -0.15) is 0 Å². The Morgan fingerprint density at radius 1 is 1.73 bits per heavy atom. The molecule has 0 amide bonds. The third kappa shape index (κ3) is 3.68. The van der Waals surface area contributed by atoms with Crippen LogP contribution in [0.15, 0.2) is 30.6 Å². The van der Waals surface area contributed by atoms with Crippen LogP contribution in [-0.2, 0) is 11.3 Å². The first-order valence-electron chi connectivity index (χ1n) is 4.35. The Morgan fingerprint density at radius 2 is 2.53 bits per heavy atom. The second kappa shape index (κ2) is 5.64. The summed E-state index contributed by atoms with van der Waals surface area (Å²) in [5.74, 6) is -0.450. The number of nitrogens with one attached hydrogen (secondary N) is 1. The molecular formula is C10H12N2O3. The number of rotatable bonds is 5. The molecule has 0 radical (unpaired) electrons. The van der Waals surface area contributed by atoms with E-state index in [0.717, 1.165) is 11.6 Å². The average molecular weight is 208 g/mol. The molecule has 1 rings (SSSR count). The molecule has 5 nitrogen and oxygen atoms in total. The maximum absolute atomic E-state index is 10.2. The van der Waals surface area contributed by atoms with Crippen molar-refractivity contribution in [2.75, 3.05) is 7.11 Å². The Labute approximate surface area is 87.4 Å². The van der Waals surface area contributed by atoms with Crippen molar-refractivity contribution in [3.05, 3.63) is 36.2 Å². The SMILES string of the molecule is COc1ncccc1CN/C=C/C(=O)O. The van der Waals surface area contributed by atoms with Crippen molar-refractivity contribution in [2.45, 2.75) is 6.54 Å². The van der Waals surface area contributed by atoms with Crippen LogP contribution in [0.5, 0.6) is 5.88 Å². The van der Waals surface area contributed by atoms with Gasteiger partial charge < -0.3 is 15.2 Å². The first-order chi connectivity index (χ1) is 7.24. The second-order valence-electron chi connectivity index (χ2n) is 2.72. The van der Waals surface area contributed by atoms with Gasteiger partial charge in [-0.3, -0.25) is 0 Å². The molecule has 0 saturated heterocycles. The standard InChI is InChI=1S/C10H12N2O3/c1-15-10-8(3-2-5-12-10)7-11-6-4-9(13)14/h2-6,11H,7H2,1H3,(H,13,14)/b6-4+. The number of methoxy groups -OCH3 is 1. The lowest BCUT2D eigenvalue weighted by atomic mass is 10.3. The molecule has 1 aromatic rings. The highest BCUT2D eigenvalue weighted by Gasteiger charge is 2.00. The number of carboxylic acids is 1. The number of hydrogen-bond acceptors (Lipinski definition) is 4. The van der Waals surface area contributed by atoms with Crippen molar-refractivity contribution in [1.82, 2.24) is 10.3 Å². The van der Waals surface area contributed by atoms with Crippen LogP contribution in [0, 0.1) is 0 Å². The van der Waals surface area contributed by atoms with Crippen molar-refractivity contribution < 1.29 is 14.6 Å². The molecule has 0 spiro atoms. The maximum atomic E-state index is 10.2. The van der Waals surface area contributed by atoms with Crippen molar-refractivity contribution in [3.63, 3.8) is 0 Å². The fourth-order valence-electron chi connectivity index (χ4n) is 1.04. The molecule has 15 heavy (non-hydrogen) atoms. The van der Waals surface area contributed by atoms with E-state index in [-0.39, 0.29) is 0 Å². The lowest BCUT2D eigenvalue weighted by Gasteiger charge is -2.05. The predicted molar refractivity (Wildman–Crippen MR) is 54.4 cm³/mol. The minimum absolute atomic E-state index is 0.473. The summed E-state index contributed by atoms with van der Waals surface area (Å²) in [4.78, 5) is 14.2. The molecule has 80 valence electrons. The average Bonchev–Trinajstić information content (AvgIpc) is 2.24. The van der Waals surface area contributed by atoms with Gasteiger partial charge >= 0.3 is 5.97 Å². The van der Waals surface area contributed by atoms with Crippen LogP contribution in [0.25, 0.3) is 0 Å². The maximum Gasteiger partial charge on any atom is 0.329 e. The summed E-state index contributed by atoms with van der Waals surface area (Å²) in [5.41, 5.74) is 0.870. The Kier molecular flexibility index (Phi) is 4.15. The quantitative estimate of drug-likeness (QED) is 0.699. The number of pyridine rings is 1. The smallest absolute Gasteiger partial charge is 0.329 e. The van der Waals surface area contributed by atoms with Crippen LogP contribution in [0.4, 0.5) is 0 Å². The van der Waals surface area contributed by atoms with E-state index in [1.54, 1.807) is 19.4 Å². The molecule has 0 aromatic carbocycles. The van der Waals surface area contributed by atoms with Crippen LogP contribution in [0.1, 0.15) is 5.56 Å². The zero-order valence-corrected chi connectivity index (χ0v) is 8.30. The minimum atomic E-state index is -0.986. The summed E-state index contributed by atoms with van der Waals surface area (Å²) in [5, 5.41) is 11.2. The van der Waals surface area contributed by atoms with Gasteiger partial charge in [0.25, 0.3) is 0 Å². The topological polar surface area (TPSA) is 71.5 Å². The zero-order chi connectivity index (χ0) is 11.1. The van der Waals surface area contributed by atoms with Gasteiger partial charge in [-0.1, -0.05) is 6.07 Å². The molecule has 5 heteroatoms.